The van der Waals surface area contributed by atoms with E-state index in [2.05, 4.69) is 10.7 Å². The Morgan fingerprint density at radius 1 is 1.25 bits per heavy atom. The summed E-state index contributed by atoms with van der Waals surface area (Å²) in [6, 6.07) is 8.85. The van der Waals surface area contributed by atoms with E-state index in [1.54, 1.807) is 25.1 Å². The zero-order chi connectivity index (χ0) is 14.7. The third kappa shape index (κ3) is 2.83. The molecule has 0 bridgehead atoms. The van der Waals surface area contributed by atoms with E-state index in [9.17, 15) is 14.5 Å². The summed E-state index contributed by atoms with van der Waals surface area (Å²) in [4.78, 5) is 10.3. The molecule has 2 aromatic rings. The van der Waals surface area contributed by atoms with E-state index in [1.165, 1.54) is 18.2 Å². The molecule has 6 nitrogen and oxygen atoms in total. The molecule has 2 aromatic carbocycles. The molecule has 7 heteroatoms. The molecule has 0 amide bonds. The standard InChI is InChI=1S/C13H13FN4O2/c1-8-12(14)3-2-4-13(8)16-9-5-10(17-15)7-11(6-9)18(19)20/h2-7,16-17H,15H2,1H3. The molecular formula is C13H13FN4O2. The number of nitrogens with one attached hydrogen (secondary N) is 2. The van der Waals surface area contributed by atoms with E-state index in [0.29, 0.717) is 22.6 Å². The molecule has 4 N–H and O–H groups in total. The van der Waals surface area contributed by atoms with Crippen LogP contribution in [-0.2, 0) is 0 Å². The molecule has 0 aliphatic rings. The highest BCUT2D eigenvalue weighted by Crippen LogP contribution is 2.28. The molecule has 20 heavy (non-hydrogen) atoms. The van der Waals surface area contributed by atoms with Crippen LogP contribution >= 0.6 is 0 Å². The second-order valence-corrected chi connectivity index (χ2v) is 4.21. The molecule has 0 unspecified atom stereocenters. The van der Waals surface area contributed by atoms with Gasteiger partial charge in [0.05, 0.1) is 10.6 Å². The number of non-ortho nitro benzene ring substituents is 1. The van der Waals surface area contributed by atoms with Crippen molar-refractivity contribution in [2.45, 2.75) is 6.92 Å². The molecule has 0 saturated carbocycles. The number of nitrogens with zero attached hydrogens (tertiary/aromatic N) is 1. The Morgan fingerprint density at radius 2 is 1.95 bits per heavy atom. The van der Waals surface area contributed by atoms with Crippen molar-refractivity contribution in [1.29, 1.82) is 0 Å². The lowest BCUT2D eigenvalue weighted by Crippen LogP contribution is -2.07. The van der Waals surface area contributed by atoms with Crippen molar-refractivity contribution in [3.63, 3.8) is 0 Å². The maximum atomic E-state index is 13.5. The van der Waals surface area contributed by atoms with Gasteiger partial charge < -0.3 is 10.7 Å². The van der Waals surface area contributed by atoms with Crippen LogP contribution in [0.25, 0.3) is 0 Å². The van der Waals surface area contributed by atoms with Gasteiger partial charge in [0.1, 0.15) is 5.82 Å². The molecule has 0 spiro atoms. The lowest BCUT2D eigenvalue weighted by Gasteiger charge is -2.11. The molecule has 0 aliphatic carbocycles. The highest BCUT2D eigenvalue weighted by molar-refractivity contribution is 5.70. The Morgan fingerprint density at radius 3 is 2.60 bits per heavy atom. The zero-order valence-electron chi connectivity index (χ0n) is 10.7. The van der Waals surface area contributed by atoms with Crippen molar-refractivity contribution in [3.05, 3.63) is 57.9 Å². The van der Waals surface area contributed by atoms with E-state index in [1.807, 2.05) is 0 Å². The number of hydrogen-bond donors (Lipinski definition) is 3. The minimum absolute atomic E-state index is 0.114. The van der Waals surface area contributed by atoms with Crippen molar-refractivity contribution >= 4 is 22.7 Å². The van der Waals surface area contributed by atoms with Gasteiger partial charge in [0, 0.05) is 29.1 Å². The topological polar surface area (TPSA) is 93.2 Å². The summed E-state index contributed by atoms with van der Waals surface area (Å²) >= 11 is 0. The first-order valence-corrected chi connectivity index (χ1v) is 5.79. The Bertz CT molecular complexity index is 661. The summed E-state index contributed by atoms with van der Waals surface area (Å²) in [5.74, 6) is 4.93. The second kappa shape index (κ2) is 5.54. The molecular weight excluding hydrogens is 263 g/mol. The van der Waals surface area contributed by atoms with Crippen molar-refractivity contribution in [1.82, 2.24) is 0 Å². The smallest absolute Gasteiger partial charge is 0.273 e. The highest BCUT2D eigenvalue weighted by atomic mass is 19.1. The minimum Gasteiger partial charge on any atom is -0.355 e. The first-order valence-electron chi connectivity index (χ1n) is 5.79. The zero-order valence-corrected chi connectivity index (χ0v) is 10.7. The van der Waals surface area contributed by atoms with E-state index < -0.39 is 4.92 Å². The third-order valence-corrected chi connectivity index (χ3v) is 2.84. The first-order chi connectivity index (χ1) is 9.51. The van der Waals surface area contributed by atoms with Gasteiger partial charge in [0.2, 0.25) is 0 Å². The number of anilines is 3. The maximum Gasteiger partial charge on any atom is 0.273 e. The summed E-state index contributed by atoms with van der Waals surface area (Å²) in [7, 11) is 0. The van der Waals surface area contributed by atoms with Gasteiger partial charge in [0.25, 0.3) is 5.69 Å². The highest BCUT2D eigenvalue weighted by Gasteiger charge is 2.11. The second-order valence-electron chi connectivity index (χ2n) is 4.21. The van der Waals surface area contributed by atoms with Gasteiger partial charge in [0.15, 0.2) is 0 Å². The number of nitrogen functional groups attached to an aromatic ring is 1. The number of benzene rings is 2. The Kier molecular flexibility index (Phi) is 3.81. The normalized spacial score (nSPS) is 10.2. The summed E-state index contributed by atoms with van der Waals surface area (Å²) in [6.45, 7) is 1.62. The van der Waals surface area contributed by atoms with Crippen molar-refractivity contribution < 1.29 is 9.31 Å². The predicted molar refractivity (Wildman–Crippen MR) is 75.3 cm³/mol. The lowest BCUT2D eigenvalue weighted by atomic mass is 10.1. The first kappa shape index (κ1) is 13.8. The number of nitro benzene ring substituents is 1. The monoisotopic (exact) mass is 276 g/mol. The number of hydrogen-bond acceptors (Lipinski definition) is 5. The van der Waals surface area contributed by atoms with Gasteiger partial charge >= 0.3 is 0 Å². The number of rotatable bonds is 4. The molecule has 2 rings (SSSR count). The Labute approximate surface area is 114 Å². The third-order valence-electron chi connectivity index (χ3n) is 2.84. The van der Waals surface area contributed by atoms with Crippen LogP contribution < -0.4 is 16.6 Å². The summed E-state index contributed by atoms with van der Waals surface area (Å²) < 4.78 is 13.5. The summed E-state index contributed by atoms with van der Waals surface area (Å²) in [6.07, 6.45) is 0. The molecule has 104 valence electrons. The van der Waals surface area contributed by atoms with E-state index >= 15 is 0 Å². The van der Waals surface area contributed by atoms with Crippen LogP contribution in [0.5, 0.6) is 0 Å². The fraction of sp³-hybridized carbons (Fsp3) is 0.0769. The predicted octanol–water partition coefficient (Wildman–Crippen LogP) is 3.07. The molecule has 0 saturated heterocycles. The summed E-state index contributed by atoms with van der Waals surface area (Å²) in [5.41, 5.74) is 4.04. The van der Waals surface area contributed by atoms with Crippen LogP contribution in [0.3, 0.4) is 0 Å². The molecule has 0 atom stereocenters. The van der Waals surface area contributed by atoms with Gasteiger partial charge in [-0.25, -0.2) is 4.39 Å². The van der Waals surface area contributed by atoms with Crippen LogP contribution in [0.1, 0.15) is 5.56 Å². The molecule has 0 aliphatic heterocycles. The average molecular weight is 276 g/mol. The maximum absolute atomic E-state index is 13.5. The number of nitro groups is 1. The fourth-order valence-corrected chi connectivity index (χ4v) is 1.77. The van der Waals surface area contributed by atoms with Gasteiger partial charge in [-0.15, -0.1) is 0 Å². The molecule has 0 fully saturated rings. The van der Waals surface area contributed by atoms with Crippen LogP contribution in [0, 0.1) is 22.9 Å². The van der Waals surface area contributed by atoms with E-state index in [4.69, 9.17) is 5.84 Å². The molecule has 0 aromatic heterocycles. The van der Waals surface area contributed by atoms with Gasteiger partial charge in [-0.05, 0) is 25.1 Å². The van der Waals surface area contributed by atoms with Crippen LogP contribution in [0.2, 0.25) is 0 Å². The number of halogens is 1. The van der Waals surface area contributed by atoms with Crippen molar-refractivity contribution in [3.8, 4) is 0 Å². The van der Waals surface area contributed by atoms with Gasteiger partial charge in [-0.3, -0.25) is 16.0 Å². The minimum atomic E-state index is -0.523. The molecule has 0 radical (unpaired) electrons. The quantitative estimate of drug-likeness (QED) is 0.453. The average Bonchev–Trinajstić information content (AvgIpc) is 2.43. The van der Waals surface area contributed by atoms with E-state index in [0.717, 1.165) is 0 Å². The van der Waals surface area contributed by atoms with Crippen molar-refractivity contribution in [2.75, 3.05) is 10.7 Å². The van der Waals surface area contributed by atoms with Crippen LogP contribution in [0.15, 0.2) is 36.4 Å². The van der Waals surface area contributed by atoms with Crippen LogP contribution in [0.4, 0.5) is 27.1 Å². The van der Waals surface area contributed by atoms with Crippen LogP contribution in [-0.4, -0.2) is 4.92 Å². The number of nitrogens with two attached hydrogens (primary N) is 1. The SMILES string of the molecule is Cc1c(F)cccc1Nc1cc(NN)cc([N+](=O)[O-])c1. The van der Waals surface area contributed by atoms with Crippen molar-refractivity contribution in [2.24, 2.45) is 5.84 Å². The Balaban J connectivity index is 2.40. The number of hydrazine groups is 1. The molecule has 0 heterocycles. The lowest BCUT2D eigenvalue weighted by molar-refractivity contribution is -0.384. The largest absolute Gasteiger partial charge is 0.355 e. The van der Waals surface area contributed by atoms with E-state index in [-0.39, 0.29) is 11.5 Å². The fourth-order valence-electron chi connectivity index (χ4n) is 1.77. The van der Waals surface area contributed by atoms with Gasteiger partial charge in [-0.1, -0.05) is 6.07 Å². The van der Waals surface area contributed by atoms with Gasteiger partial charge in [-0.2, -0.15) is 0 Å². The Hall–Kier alpha value is -2.67. The summed E-state index contributed by atoms with van der Waals surface area (Å²) in [5, 5.41) is 13.8.